The fraction of sp³-hybridized carbons (Fsp3) is 0.905. The normalized spacial score (nSPS) is 53.3. The zero-order valence-electron chi connectivity index (χ0n) is 34.1. The largest absolute Gasteiger partial charge is 0.479 e. The van der Waals surface area contributed by atoms with E-state index in [1.807, 2.05) is 6.92 Å². The predicted molar refractivity (Wildman–Crippen MR) is 200 cm³/mol. The van der Waals surface area contributed by atoms with E-state index in [0.29, 0.717) is 25.7 Å². The maximum atomic E-state index is 14.6. The maximum absolute atomic E-state index is 14.6. The van der Waals surface area contributed by atoms with E-state index in [4.69, 9.17) is 18.9 Å². The Labute approximate surface area is 334 Å². The van der Waals surface area contributed by atoms with Crippen LogP contribution in [0.15, 0.2) is 11.6 Å². The lowest BCUT2D eigenvalue weighted by molar-refractivity contribution is -0.327. The summed E-state index contributed by atoms with van der Waals surface area (Å²) in [6, 6.07) is 0. The van der Waals surface area contributed by atoms with Crippen molar-refractivity contribution in [2.45, 2.75) is 173 Å². The van der Waals surface area contributed by atoms with Crippen molar-refractivity contribution >= 4 is 11.9 Å². The second kappa shape index (κ2) is 14.7. The first-order chi connectivity index (χ1) is 26.5. The number of aliphatic hydroxyl groups excluding tert-OH is 8. The molecule has 19 atom stereocenters. The van der Waals surface area contributed by atoms with Crippen LogP contribution < -0.4 is 0 Å². The summed E-state index contributed by atoms with van der Waals surface area (Å²) in [4.78, 5) is 26.4. The van der Waals surface area contributed by atoms with Gasteiger partial charge in [-0.05, 0) is 104 Å². The van der Waals surface area contributed by atoms with Gasteiger partial charge in [-0.2, -0.15) is 0 Å². The van der Waals surface area contributed by atoms with E-state index in [1.54, 1.807) is 0 Å². The molecule has 324 valence electrons. The van der Waals surface area contributed by atoms with E-state index in [2.05, 4.69) is 40.7 Å². The van der Waals surface area contributed by atoms with Crippen molar-refractivity contribution < 1.29 is 74.5 Å². The highest BCUT2D eigenvalue weighted by Crippen LogP contribution is 2.76. The Kier molecular flexibility index (Phi) is 11.2. The van der Waals surface area contributed by atoms with Gasteiger partial charge in [-0.25, -0.2) is 4.79 Å². The molecular weight excluding hydrogens is 744 g/mol. The van der Waals surface area contributed by atoms with Gasteiger partial charge in [0.05, 0.1) is 24.7 Å². The van der Waals surface area contributed by atoms with Crippen LogP contribution >= 0.6 is 0 Å². The molecule has 7 aliphatic rings. The SMILES string of the molecule is CC1(C)CC[C@]2(C(=O)O[C@@H]3O[C@H](CO)[C@@H](O)[C@H](O)[C@H]3O)CC[C@]3(C)C(=CC[C@@H]4[C@@]5(C)CC[C@H](O[C@@H]6O[C@H](C(=O)O)[C@@H](O)[C@H](O)[C@H]6O)[C@@](C)(CO)[C@H]5CC[C@]43C)[C@@H]2C1. The molecule has 15 heteroatoms. The lowest BCUT2D eigenvalue weighted by Gasteiger charge is -2.71. The van der Waals surface area contributed by atoms with Crippen molar-refractivity contribution in [2.75, 3.05) is 13.2 Å². The maximum Gasteiger partial charge on any atom is 0.335 e. The van der Waals surface area contributed by atoms with Gasteiger partial charge in [-0.1, -0.05) is 53.2 Å². The van der Waals surface area contributed by atoms with E-state index in [9.17, 15) is 55.5 Å². The van der Waals surface area contributed by atoms with Crippen LogP contribution in [0, 0.1) is 50.2 Å². The third-order valence-corrected chi connectivity index (χ3v) is 17.3. The summed E-state index contributed by atoms with van der Waals surface area (Å²) in [5.74, 6) is -1.98. The van der Waals surface area contributed by atoms with Crippen LogP contribution in [0.5, 0.6) is 0 Å². The molecule has 9 N–H and O–H groups in total. The summed E-state index contributed by atoms with van der Waals surface area (Å²) >= 11 is 0. The van der Waals surface area contributed by atoms with Crippen LogP contribution in [0.3, 0.4) is 0 Å². The van der Waals surface area contributed by atoms with Crippen LogP contribution in [-0.2, 0) is 28.5 Å². The molecule has 4 saturated carbocycles. The molecule has 2 heterocycles. The van der Waals surface area contributed by atoms with Gasteiger partial charge >= 0.3 is 11.9 Å². The number of aliphatic hydroxyl groups is 8. The van der Waals surface area contributed by atoms with Crippen LogP contribution in [0.25, 0.3) is 0 Å². The van der Waals surface area contributed by atoms with Crippen molar-refractivity contribution in [3.63, 3.8) is 0 Å². The number of esters is 1. The Hall–Kier alpha value is -1.76. The number of carbonyl (C=O) groups is 2. The molecule has 57 heavy (non-hydrogen) atoms. The predicted octanol–water partition coefficient (Wildman–Crippen LogP) is 1.38. The molecule has 6 fully saturated rings. The number of carboxylic acid groups (broad SMARTS) is 1. The summed E-state index contributed by atoms with van der Waals surface area (Å²) in [7, 11) is 0. The van der Waals surface area contributed by atoms with Gasteiger partial charge in [-0.15, -0.1) is 0 Å². The summed E-state index contributed by atoms with van der Waals surface area (Å²) in [6.45, 7) is 12.6. The Bertz CT molecular complexity index is 1590. The number of ether oxygens (including phenoxy) is 4. The van der Waals surface area contributed by atoms with Gasteiger partial charge in [0.15, 0.2) is 12.4 Å². The number of carboxylic acids is 1. The third-order valence-electron chi connectivity index (χ3n) is 17.3. The van der Waals surface area contributed by atoms with Gasteiger partial charge in [0.1, 0.15) is 42.7 Å². The fourth-order valence-electron chi connectivity index (χ4n) is 13.6. The lowest BCUT2D eigenvalue weighted by atomic mass is 9.33. The Morgan fingerprint density at radius 1 is 0.754 bits per heavy atom. The molecule has 7 rings (SSSR count). The number of fused-ring (bicyclic) bond motifs is 7. The van der Waals surface area contributed by atoms with Crippen molar-refractivity contribution in [3.05, 3.63) is 11.6 Å². The monoisotopic (exact) mass is 810 g/mol. The molecule has 0 aromatic carbocycles. The van der Waals surface area contributed by atoms with Gasteiger partial charge in [0.25, 0.3) is 0 Å². The smallest absolute Gasteiger partial charge is 0.335 e. The molecule has 0 unspecified atom stereocenters. The van der Waals surface area contributed by atoms with Gasteiger partial charge in [-0.3, -0.25) is 4.79 Å². The van der Waals surface area contributed by atoms with Crippen LogP contribution in [0.4, 0.5) is 0 Å². The van der Waals surface area contributed by atoms with Gasteiger partial charge < -0.3 is 64.9 Å². The molecule has 15 nitrogen and oxygen atoms in total. The van der Waals surface area contributed by atoms with E-state index in [0.717, 1.165) is 38.5 Å². The molecule has 5 aliphatic carbocycles. The molecule has 2 aliphatic heterocycles. The second-order valence-corrected chi connectivity index (χ2v) is 20.5. The fourth-order valence-corrected chi connectivity index (χ4v) is 13.6. The highest BCUT2D eigenvalue weighted by Gasteiger charge is 2.70. The Balaban J connectivity index is 1.17. The van der Waals surface area contributed by atoms with E-state index >= 15 is 0 Å². The minimum Gasteiger partial charge on any atom is -0.479 e. The first kappa shape index (κ1) is 43.3. The van der Waals surface area contributed by atoms with Gasteiger partial charge in [0, 0.05) is 5.41 Å². The standard InChI is InChI=1S/C42H66O15/c1-37(2)13-15-42(36(53)57-34-30(49)27(46)26(45)22(18-43)54-34)16-14-40(5)20(21(42)17-37)7-8-24-38(3)11-10-25(39(4,19-44)23(38)9-12-41(24,40)6)55-35-31(50)28(47)29(48)32(56-35)33(51)52/h7,21-32,34-35,43-50H,8-19H2,1-6H3,(H,51,52)/t21-,22+,23-,24+,25-,26+,27-,28-,29-,30+,31+,32-,34-,35+,38-,39-,40+,41+,42-/m0/s1. The molecule has 0 bridgehead atoms. The third kappa shape index (κ3) is 6.39. The minimum atomic E-state index is -1.84. The summed E-state index contributed by atoms with van der Waals surface area (Å²) in [5.41, 5.74) is -1.27. The summed E-state index contributed by atoms with van der Waals surface area (Å²) in [6.07, 6.45) is -7.64. The van der Waals surface area contributed by atoms with Crippen molar-refractivity contribution in [1.82, 2.24) is 0 Å². The Morgan fingerprint density at radius 3 is 2.05 bits per heavy atom. The number of aliphatic carboxylic acids is 1. The average Bonchev–Trinajstić information content (AvgIpc) is 3.16. The summed E-state index contributed by atoms with van der Waals surface area (Å²) < 4.78 is 23.4. The highest BCUT2D eigenvalue weighted by atomic mass is 16.7. The molecular formula is C42H66O15. The zero-order chi connectivity index (χ0) is 41.8. The lowest BCUT2D eigenvalue weighted by Crippen LogP contribution is -2.67. The molecule has 2 saturated heterocycles. The Morgan fingerprint density at radius 2 is 1.40 bits per heavy atom. The summed E-state index contributed by atoms with van der Waals surface area (Å²) in [5, 5.41) is 93.6. The number of allylic oxidation sites excluding steroid dienone is 2. The van der Waals surface area contributed by atoms with Crippen molar-refractivity contribution in [3.8, 4) is 0 Å². The van der Waals surface area contributed by atoms with Gasteiger partial charge in [0.2, 0.25) is 6.29 Å². The second-order valence-electron chi connectivity index (χ2n) is 20.5. The molecule has 0 amide bonds. The van der Waals surface area contributed by atoms with Crippen molar-refractivity contribution in [1.29, 1.82) is 0 Å². The first-order valence-electron chi connectivity index (χ1n) is 21.0. The van der Waals surface area contributed by atoms with Crippen molar-refractivity contribution in [2.24, 2.45) is 50.2 Å². The number of hydrogen-bond acceptors (Lipinski definition) is 14. The van der Waals surface area contributed by atoms with E-state index < -0.39 is 96.9 Å². The number of carbonyl (C=O) groups excluding carboxylic acids is 1. The highest BCUT2D eigenvalue weighted by molar-refractivity contribution is 5.79. The zero-order valence-corrected chi connectivity index (χ0v) is 34.1. The van der Waals surface area contributed by atoms with E-state index in [1.165, 1.54) is 5.57 Å². The van der Waals surface area contributed by atoms with Crippen LogP contribution in [-0.4, -0.2) is 139 Å². The van der Waals surface area contributed by atoms with Crippen LogP contribution in [0.1, 0.15) is 106 Å². The van der Waals surface area contributed by atoms with Crippen LogP contribution in [0.2, 0.25) is 0 Å². The average molecular weight is 811 g/mol. The molecule has 0 radical (unpaired) electrons. The number of rotatable bonds is 7. The number of hydrogen-bond donors (Lipinski definition) is 9. The minimum absolute atomic E-state index is 0.0262. The van der Waals surface area contributed by atoms with E-state index in [-0.39, 0.29) is 46.0 Å². The topological polar surface area (TPSA) is 253 Å². The molecule has 0 aromatic heterocycles. The molecule has 0 aromatic rings. The quantitative estimate of drug-likeness (QED) is 0.100. The first-order valence-corrected chi connectivity index (χ1v) is 21.0. The molecule has 0 spiro atoms.